The van der Waals surface area contributed by atoms with Crippen LogP contribution in [-0.4, -0.2) is 45.3 Å². The number of carbonyl (C=O) groups is 1. The van der Waals surface area contributed by atoms with Gasteiger partial charge in [-0.25, -0.2) is 13.8 Å². The van der Waals surface area contributed by atoms with Gasteiger partial charge in [-0.15, -0.1) is 0 Å². The molecule has 25 heavy (non-hydrogen) atoms. The van der Waals surface area contributed by atoms with Gasteiger partial charge in [-0.2, -0.15) is 5.10 Å². The predicted octanol–water partition coefficient (Wildman–Crippen LogP) is 1.76. The highest BCUT2D eigenvalue weighted by atomic mass is 32.2. The summed E-state index contributed by atoms with van der Waals surface area (Å²) in [5.41, 5.74) is 3.12. The number of sulfone groups is 1. The Morgan fingerprint density at radius 2 is 2.20 bits per heavy atom. The van der Waals surface area contributed by atoms with Crippen molar-refractivity contribution in [1.82, 2.24) is 5.43 Å². The fourth-order valence-corrected chi connectivity index (χ4v) is 4.53. The van der Waals surface area contributed by atoms with E-state index in [4.69, 9.17) is 9.47 Å². The monoisotopic (exact) mass is 368 g/mol. The van der Waals surface area contributed by atoms with E-state index in [9.17, 15) is 13.2 Å². The Bertz CT molecular complexity index is 743. The van der Waals surface area contributed by atoms with Gasteiger partial charge in [0.05, 0.1) is 30.9 Å². The van der Waals surface area contributed by atoms with Crippen molar-refractivity contribution in [2.45, 2.75) is 32.8 Å². The van der Waals surface area contributed by atoms with Crippen molar-refractivity contribution in [1.29, 1.82) is 0 Å². The van der Waals surface area contributed by atoms with Crippen molar-refractivity contribution in [2.24, 2.45) is 11.0 Å². The third-order valence-electron chi connectivity index (χ3n) is 3.78. The number of amides is 1. The van der Waals surface area contributed by atoms with Gasteiger partial charge in [-0.3, -0.25) is 4.79 Å². The number of nitrogens with one attached hydrogen (secondary N) is 1. The van der Waals surface area contributed by atoms with E-state index >= 15 is 0 Å². The minimum Gasteiger partial charge on any atom is -0.493 e. The normalized spacial score (nSPS) is 19.3. The highest BCUT2D eigenvalue weighted by molar-refractivity contribution is 7.91. The van der Waals surface area contributed by atoms with E-state index in [1.807, 2.05) is 13.8 Å². The highest BCUT2D eigenvalue weighted by Gasteiger charge is 2.29. The van der Waals surface area contributed by atoms with Crippen LogP contribution in [0.3, 0.4) is 0 Å². The van der Waals surface area contributed by atoms with Crippen molar-refractivity contribution >= 4 is 22.0 Å². The maximum Gasteiger partial charge on any atom is 0.240 e. The van der Waals surface area contributed by atoms with Crippen LogP contribution in [0.5, 0.6) is 11.5 Å². The van der Waals surface area contributed by atoms with Crippen molar-refractivity contribution in [3.05, 3.63) is 23.8 Å². The van der Waals surface area contributed by atoms with Gasteiger partial charge >= 0.3 is 0 Å². The van der Waals surface area contributed by atoms with Crippen LogP contribution in [0.4, 0.5) is 0 Å². The highest BCUT2D eigenvalue weighted by Crippen LogP contribution is 2.30. The second-order valence-electron chi connectivity index (χ2n) is 6.31. The first-order valence-electron chi connectivity index (χ1n) is 8.16. The van der Waals surface area contributed by atoms with Crippen molar-refractivity contribution in [3.8, 4) is 11.5 Å². The van der Waals surface area contributed by atoms with Crippen LogP contribution in [0.2, 0.25) is 0 Å². The standard InChI is InChI=1S/C17H24N2O5S/c1-12(2)24-17-14(5-4-6-15(17)23-3)10-18-19-16(20)9-13-7-8-25(21,22)11-13/h4-6,10,12-13H,7-9,11H2,1-3H3,(H,19,20)/b18-10-/t13-/m1/s1. The molecule has 7 nitrogen and oxygen atoms in total. The third-order valence-corrected chi connectivity index (χ3v) is 5.61. The lowest BCUT2D eigenvalue weighted by atomic mass is 10.1. The molecule has 1 atom stereocenters. The second-order valence-corrected chi connectivity index (χ2v) is 8.54. The lowest BCUT2D eigenvalue weighted by Crippen LogP contribution is -2.21. The molecule has 1 saturated heterocycles. The molecule has 1 aliphatic heterocycles. The Morgan fingerprint density at radius 1 is 1.44 bits per heavy atom. The van der Waals surface area contributed by atoms with Crippen LogP contribution in [0.1, 0.15) is 32.3 Å². The molecule has 1 amide bonds. The number of methoxy groups -OCH3 is 1. The second kappa shape index (κ2) is 8.33. The van der Waals surface area contributed by atoms with Gasteiger partial charge in [-0.05, 0) is 38.3 Å². The summed E-state index contributed by atoms with van der Waals surface area (Å²) >= 11 is 0. The van der Waals surface area contributed by atoms with Gasteiger partial charge < -0.3 is 9.47 Å². The Kier molecular flexibility index (Phi) is 6.41. The Morgan fingerprint density at radius 3 is 2.80 bits per heavy atom. The van der Waals surface area contributed by atoms with E-state index in [2.05, 4.69) is 10.5 Å². The molecule has 0 aliphatic carbocycles. The number of hydrogen-bond donors (Lipinski definition) is 1. The average molecular weight is 368 g/mol. The zero-order chi connectivity index (χ0) is 18.4. The van der Waals surface area contributed by atoms with E-state index in [0.717, 1.165) is 0 Å². The smallest absolute Gasteiger partial charge is 0.240 e. The van der Waals surface area contributed by atoms with E-state index < -0.39 is 9.84 Å². The average Bonchev–Trinajstić information content (AvgIpc) is 2.86. The molecule has 1 aliphatic rings. The molecule has 138 valence electrons. The number of hydrogen-bond acceptors (Lipinski definition) is 6. The maximum absolute atomic E-state index is 11.9. The maximum atomic E-state index is 11.9. The molecule has 1 aromatic carbocycles. The SMILES string of the molecule is COc1cccc(/C=N\NC(=O)C[C@H]2CCS(=O)(=O)C2)c1OC(C)C. The summed E-state index contributed by atoms with van der Waals surface area (Å²) < 4.78 is 33.9. The fourth-order valence-electron chi connectivity index (χ4n) is 2.67. The van der Waals surface area contributed by atoms with Gasteiger partial charge in [0.2, 0.25) is 5.91 Å². The Balaban J connectivity index is 1.98. The summed E-state index contributed by atoms with van der Waals surface area (Å²) in [5, 5.41) is 3.95. The molecule has 1 heterocycles. The lowest BCUT2D eigenvalue weighted by Gasteiger charge is -2.15. The molecule has 0 unspecified atom stereocenters. The zero-order valence-corrected chi connectivity index (χ0v) is 15.5. The first kappa shape index (κ1) is 19.2. The molecule has 2 rings (SSSR count). The molecule has 0 radical (unpaired) electrons. The molecule has 1 aromatic rings. The molecule has 0 spiro atoms. The lowest BCUT2D eigenvalue weighted by molar-refractivity contribution is -0.121. The predicted molar refractivity (Wildman–Crippen MR) is 95.9 cm³/mol. The van der Waals surface area contributed by atoms with E-state index in [-0.39, 0.29) is 35.9 Å². The Labute approximate surface area is 148 Å². The summed E-state index contributed by atoms with van der Waals surface area (Å²) in [6, 6.07) is 5.40. The summed E-state index contributed by atoms with van der Waals surface area (Å²) in [7, 11) is -1.42. The minimum absolute atomic E-state index is 0.0395. The summed E-state index contributed by atoms with van der Waals surface area (Å²) in [5.74, 6) is 0.949. The number of carbonyl (C=O) groups excluding carboxylic acids is 1. The quantitative estimate of drug-likeness (QED) is 0.585. The summed E-state index contributed by atoms with van der Waals surface area (Å²) in [6.07, 6.45) is 2.14. The summed E-state index contributed by atoms with van der Waals surface area (Å²) in [6.45, 7) is 3.82. The van der Waals surface area contributed by atoms with Crippen LogP contribution in [0, 0.1) is 5.92 Å². The number of hydrazone groups is 1. The minimum atomic E-state index is -2.98. The third kappa shape index (κ3) is 5.74. The number of para-hydroxylation sites is 1. The van der Waals surface area contributed by atoms with Gasteiger partial charge in [0.15, 0.2) is 21.3 Å². The molecular formula is C17H24N2O5S. The molecular weight excluding hydrogens is 344 g/mol. The van der Waals surface area contributed by atoms with Crippen LogP contribution < -0.4 is 14.9 Å². The van der Waals surface area contributed by atoms with Crippen molar-refractivity contribution in [2.75, 3.05) is 18.6 Å². The van der Waals surface area contributed by atoms with Crippen LogP contribution >= 0.6 is 0 Å². The van der Waals surface area contributed by atoms with Gasteiger partial charge in [-0.1, -0.05) is 6.07 Å². The van der Waals surface area contributed by atoms with E-state index in [1.54, 1.807) is 25.3 Å². The largest absolute Gasteiger partial charge is 0.493 e. The number of benzene rings is 1. The molecule has 0 bridgehead atoms. The Hall–Kier alpha value is -2.09. The van der Waals surface area contributed by atoms with Crippen molar-refractivity contribution in [3.63, 3.8) is 0 Å². The van der Waals surface area contributed by atoms with Crippen LogP contribution in [0.15, 0.2) is 23.3 Å². The molecule has 8 heteroatoms. The molecule has 1 N–H and O–H groups in total. The topological polar surface area (TPSA) is 94.1 Å². The fraction of sp³-hybridized carbons (Fsp3) is 0.529. The van der Waals surface area contributed by atoms with Crippen LogP contribution in [-0.2, 0) is 14.6 Å². The van der Waals surface area contributed by atoms with E-state index in [1.165, 1.54) is 6.21 Å². The zero-order valence-electron chi connectivity index (χ0n) is 14.7. The first-order chi connectivity index (χ1) is 11.8. The van der Waals surface area contributed by atoms with Gasteiger partial charge in [0.25, 0.3) is 0 Å². The molecule has 0 aromatic heterocycles. The van der Waals surface area contributed by atoms with Gasteiger partial charge in [0, 0.05) is 12.0 Å². The van der Waals surface area contributed by atoms with Crippen LogP contribution in [0.25, 0.3) is 0 Å². The van der Waals surface area contributed by atoms with Crippen molar-refractivity contribution < 1.29 is 22.7 Å². The molecule has 0 saturated carbocycles. The summed E-state index contributed by atoms with van der Waals surface area (Å²) in [4.78, 5) is 11.9. The number of rotatable bonds is 7. The van der Waals surface area contributed by atoms with Gasteiger partial charge in [0.1, 0.15) is 0 Å². The number of ether oxygens (including phenoxy) is 2. The molecule has 1 fully saturated rings. The first-order valence-corrected chi connectivity index (χ1v) is 9.99. The van der Waals surface area contributed by atoms with E-state index in [0.29, 0.717) is 23.5 Å². The number of nitrogens with zero attached hydrogens (tertiary/aromatic N) is 1.